The summed E-state index contributed by atoms with van der Waals surface area (Å²) < 4.78 is 2.02. The third-order valence-electron chi connectivity index (χ3n) is 2.54. The molecule has 2 aromatic heterocycles. The van der Waals surface area contributed by atoms with Crippen molar-refractivity contribution >= 4 is 0 Å². The smallest absolute Gasteiger partial charge is 0.0945 e. The average molecular weight is 216 g/mol. The number of nitrogens with zero attached hydrogens (tertiary/aromatic N) is 3. The van der Waals surface area contributed by atoms with Gasteiger partial charge >= 0.3 is 0 Å². The maximum absolute atomic E-state index is 4.09. The molecule has 1 N–H and O–H groups in total. The summed E-state index contributed by atoms with van der Waals surface area (Å²) in [7, 11) is 2.01. The van der Waals surface area contributed by atoms with Crippen LogP contribution in [0.5, 0.6) is 0 Å². The van der Waals surface area contributed by atoms with E-state index in [1.807, 2.05) is 36.4 Å². The third-order valence-corrected chi connectivity index (χ3v) is 2.54. The molecule has 0 aromatic carbocycles. The van der Waals surface area contributed by atoms with E-state index in [1.54, 1.807) is 6.20 Å². The van der Waals surface area contributed by atoms with Crippen LogP contribution in [0.15, 0.2) is 37.1 Å². The van der Waals surface area contributed by atoms with Crippen LogP contribution in [-0.4, -0.2) is 21.1 Å². The van der Waals surface area contributed by atoms with E-state index in [-0.39, 0.29) is 0 Å². The Labute approximate surface area is 95.4 Å². The van der Waals surface area contributed by atoms with Gasteiger partial charge in [-0.15, -0.1) is 0 Å². The Morgan fingerprint density at radius 3 is 2.94 bits per heavy atom. The van der Waals surface area contributed by atoms with Gasteiger partial charge in [0.2, 0.25) is 0 Å². The molecule has 0 saturated carbocycles. The number of aryl methyl sites for hydroxylation is 1. The van der Waals surface area contributed by atoms with Crippen molar-refractivity contribution in [3.63, 3.8) is 0 Å². The molecular weight excluding hydrogens is 200 g/mol. The molecule has 84 valence electrons. The van der Waals surface area contributed by atoms with Gasteiger partial charge in [0.15, 0.2) is 0 Å². The van der Waals surface area contributed by atoms with Crippen LogP contribution in [0.3, 0.4) is 0 Å². The van der Waals surface area contributed by atoms with Gasteiger partial charge in [-0.3, -0.25) is 4.98 Å². The minimum absolute atomic E-state index is 0.858. The molecule has 0 radical (unpaired) electrons. The Morgan fingerprint density at radius 2 is 2.25 bits per heavy atom. The minimum atomic E-state index is 0.858. The quantitative estimate of drug-likeness (QED) is 0.762. The van der Waals surface area contributed by atoms with Crippen LogP contribution in [0.4, 0.5) is 0 Å². The van der Waals surface area contributed by atoms with E-state index >= 15 is 0 Å². The van der Waals surface area contributed by atoms with E-state index in [9.17, 15) is 0 Å². The monoisotopic (exact) mass is 216 g/mol. The van der Waals surface area contributed by atoms with Crippen LogP contribution in [0.2, 0.25) is 0 Å². The molecule has 0 aliphatic heterocycles. The summed E-state index contributed by atoms with van der Waals surface area (Å²) in [5.41, 5.74) is 2.46. The van der Waals surface area contributed by atoms with Gasteiger partial charge in [0.1, 0.15) is 0 Å². The fourth-order valence-electron chi connectivity index (χ4n) is 1.55. The lowest BCUT2D eigenvalue weighted by Crippen LogP contribution is -2.18. The lowest BCUT2D eigenvalue weighted by molar-refractivity contribution is 0.652. The zero-order valence-corrected chi connectivity index (χ0v) is 9.43. The summed E-state index contributed by atoms with van der Waals surface area (Å²) >= 11 is 0. The molecule has 4 nitrogen and oxygen atoms in total. The number of pyridine rings is 1. The summed E-state index contributed by atoms with van der Waals surface area (Å²) in [6.45, 7) is 1.81. The van der Waals surface area contributed by atoms with Crippen molar-refractivity contribution in [1.29, 1.82) is 0 Å². The van der Waals surface area contributed by atoms with Crippen molar-refractivity contribution in [1.82, 2.24) is 19.9 Å². The highest BCUT2D eigenvalue weighted by Crippen LogP contribution is 1.97. The van der Waals surface area contributed by atoms with Gasteiger partial charge in [0, 0.05) is 32.2 Å². The molecule has 16 heavy (non-hydrogen) atoms. The Morgan fingerprint density at radius 1 is 1.31 bits per heavy atom. The summed E-state index contributed by atoms with van der Waals surface area (Å²) in [6.07, 6.45) is 8.42. The molecule has 2 heterocycles. The second-order valence-electron chi connectivity index (χ2n) is 3.78. The maximum atomic E-state index is 4.09. The highest BCUT2D eigenvalue weighted by Gasteiger charge is 1.97. The summed E-state index contributed by atoms with van der Waals surface area (Å²) in [5, 5.41) is 3.39. The number of nitrogens with one attached hydrogen (secondary N) is 1. The van der Waals surface area contributed by atoms with Crippen molar-refractivity contribution < 1.29 is 0 Å². The molecule has 0 saturated heterocycles. The largest absolute Gasteiger partial charge is 0.337 e. The fourth-order valence-corrected chi connectivity index (χ4v) is 1.55. The van der Waals surface area contributed by atoms with Crippen LogP contribution in [0, 0.1) is 0 Å². The molecule has 4 heteroatoms. The Hall–Kier alpha value is -1.68. The van der Waals surface area contributed by atoms with E-state index in [4.69, 9.17) is 0 Å². The molecule has 0 bridgehead atoms. The summed E-state index contributed by atoms with van der Waals surface area (Å²) in [4.78, 5) is 8.16. The lowest BCUT2D eigenvalue weighted by atomic mass is 10.2. The van der Waals surface area contributed by atoms with Crippen molar-refractivity contribution in [2.24, 2.45) is 7.05 Å². The van der Waals surface area contributed by atoms with E-state index in [0.29, 0.717) is 0 Å². The van der Waals surface area contributed by atoms with Gasteiger partial charge in [0.25, 0.3) is 0 Å². The summed E-state index contributed by atoms with van der Waals surface area (Å²) in [5.74, 6) is 0. The van der Waals surface area contributed by atoms with Gasteiger partial charge in [-0.1, -0.05) is 6.07 Å². The second kappa shape index (κ2) is 5.42. The highest BCUT2D eigenvalue weighted by molar-refractivity contribution is 5.08. The molecule has 2 rings (SSSR count). The topological polar surface area (TPSA) is 42.7 Å². The Kier molecular flexibility index (Phi) is 3.66. The second-order valence-corrected chi connectivity index (χ2v) is 3.78. The lowest BCUT2D eigenvalue weighted by Gasteiger charge is -2.05. The molecule has 0 aliphatic carbocycles. The maximum Gasteiger partial charge on any atom is 0.0945 e. The average Bonchev–Trinajstić information content (AvgIpc) is 2.72. The predicted molar refractivity (Wildman–Crippen MR) is 62.9 cm³/mol. The number of rotatable bonds is 5. The van der Waals surface area contributed by atoms with Crippen molar-refractivity contribution in [3.8, 4) is 0 Å². The van der Waals surface area contributed by atoms with Gasteiger partial charge in [-0.25, -0.2) is 4.98 Å². The molecule has 0 unspecified atom stereocenters. The predicted octanol–water partition coefficient (Wildman–Crippen LogP) is 1.15. The van der Waals surface area contributed by atoms with Gasteiger partial charge in [-0.05, 0) is 24.6 Å². The van der Waals surface area contributed by atoms with Crippen LogP contribution in [0.1, 0.15) is 11.3 Å². The van der Waals surface area contributed by atoms with Gasteiger partial charge < -0.3 is 9.88 Å². The summed E-state index contributed by atoms with van der Waals surface area (Å²) in [6, 6.07) is 4.06. The van der Waals surface area contributed by atoms with Crippen LogP contribution in [-0.2, 0) is 20.0 Å². The highest BCUT2D eigenvalue weighted by atomic mass is 15.0. The minimum Gasteiger partial charge on any atom is -0.337 e. The molecule has 0 fully saturated rings. The molecule has 0 spiro atoms. The van der Waals surface area contributed by atoms with Gasteiger partial charge in [0.05, 0.1) is 12.0 Å². The number of aromatic nitrogens is 3. The fraction of sp³-hybridized carbons (Fsp3) is 0.333. The first kappa shape index (κ1) is 10.8. The van der Waals surface area contributed by atoms with Crippen LogP contribution < -0.4 is 5.32 Å². The normalized spacial score (nSPS) is 10.6. The van der Waals surface area contributed by atoms with E-state index in [0.717, 1.165) is 19.5 Å². The molecular formula is C12H16N4. The van der Waals surface area contributed by atoms with Crippen molar-refractivity contribution in [3.05, 3.63) is 48.3 Å². The van der Waals surface area contributed by atoms with Crippen molar-refractivity contribution in [2.45, 2.75) is 13.0 Å². The first-order valence-electron chi connectivity index (χ1n) is 5.41. The molecule has 0 aliphatic rings. The SMILES string of the molecule is Cn1cncc1CNCCc1cccnc1. The van der Waals surface area contributed by atoms with E-state index < -0.39 is 0 Å². The molecule has 2 aromatic rings. The van der Waals surface area contributed by atoms with Gasteiger partial charge in [-0.2, -0.15) is 0 Å². The van der Waals surface area contributed by atoms with Crippen LogP contribution in [0.25, 0.3) is 0 Å². The third kappa shape index (κ3) is 2.90. The van der Waals surface area contributed by atoms with Crippen molar-refractivity contribution in [2.75, 3.05) is 6.54 Å². The van der Waals surface area contributed by atoms with E-state index in [1.165, 1.54) is 11.3 Å². The first-order valence-corrected chi connectivity index (χ1v) is 5.41. The zero-order chi connectivity index (χ0) is 11.2. The zero-order valence-electron chi connectivity index (χ0n) is 9.43. The number of hydrogen-bond acceptors (Lipinski definition) is 3. The van der Waals surface area contributed by atoms with Crippen LogP contribution >= 0.6 is 0 Å². The molecule has 0 amide bonds. The number of hydrogen-bond donors (Lipinski definition) is 1. The molecule has 0 atom stereocenters. The van der Waals surface area contributed by atoms with E-state index in [2.05, 4.69) is 21.4 Å². The standard InChI is InChI=1S/C12H16N4/c1-16-10-15-9-12(16)8-14-6-4-11-3-2-5-13-7-11/h2-3,5,7,9-10,14H,4,6,8H2,1H3. The first-order chi connectivity index (χ1) is 7.86. The Balaban J connectivity index is 1.72. The Bertz CT molecular complexity index is 422. The number of imidazole rings is 1.